The molecular weight excluding hydrogens is 410 g/mol. The Kier molecular flexibility index (Phi) is 5.01. The van der Waals surface area contributed by atoms with E-state index in [9.17, 15) is 9.59 Å². The van der Waals surface area contributed by atoms with E-state index in [-0.39, 0.29) is 17.9 Å². The van der Waals surface area contributed by atoms with Gasteiger partial charge in [0, 0.05) is 26.2 Å². The molecule has 0 atom stereocenters. The zero-order chi connectivity index (χ0) is 22.2. The molecule has 0 unspecified atom stereocenters. The summed E-state index contributed by atoms with van der Waals surface area (Å²) in [5, 5.41) is 8.32. The van der Waals surface area contributed by atoms with E-state index in [1.807, 2.05) is 20.0 Å². The molecule has 1 aliphatic rings. The first-order valence-electron chi connectivity index (χ1n) is 10.5. The molecular formula is C23H23N5O4. The number of furan rings is 2. The maximum absolute atomic E-state index is 13.3. The van der Waals surface area contributed by atoms with Crippen LogP contribution in [0.1, 0.15) is 39.3 Å². The van der Waals surface area contributed by atoms with E-state index in [1.165, 1.54) is 12.5 Å². The van der Waals surface area contributed by atoms with Crippen LogP contribution in [0.15, 0.2) is 51.9 Å². The van der Waals surface area contributed by atoms with Gasteiger partial charge in [0.05, 0.1) is 34.7 Å². The molecule has 9 nitrogen and oxygen atoms in total. The van der Waals surface area contributed by atoms with Gasteiger partial charge in [-0.05, 0) is 44.0 Å². The van der Waals surface area contributed by atoms with Crippen molar-refractivity contribution in [1.29, 1.82) is 0 Å². The van der Waals surface area contributed by atoms with Crippen molar-refractivity contribution < 1.29 is 18.4 Å². The quantitative estimate of drug-likeness (QED) is 0.530. The lowest BCUT2D eigenvalue weighted by Gasteiger charge is -2.32. The van der Waals surface area contributed by atoms with E-state index in [4.69, 9.17) is 8.83 Å². The number of piperidine rings is 1. The molecule has 1 aliphatic heterocycles. The maximum atomic E-state index is 13.3. The minimum atomic E-state index is -0.180. The predicted octanol–water partition coefficient (Wildman–Crippen LogP) is 3.16. The number of carbonyl (C=O) groups excluding carboxylic acids is 2. The number of aryl methyl sites for hydroxylation is 2. The summed E-state index contributed by atoms with van der Waals surface area (Å²) in [5.74, 6) is 0.361. The van der Waals surface area contributed by atoms with Crippen molar-refractivity contribution in [1.82, 2.24) is 25.0 Å². The first kappa shape index (κ1) is 20.0. The van der Waals surface area contributed by atoms with Gasteiger partial charge in [0.25, 0.3) is 11.8 Å². The van der Waals surface area contributed by atoms with Crippen LogP contribution in [0.2, 0.25) is 0 Å². The van der Waals surface area contributed by atoms with Crippen molar-refractivity contribution in [3.8, 4) is 11.5 Å². The zero-order valence-electron chi connectivity index (χ0n) is 17.9. The van der Waals surface area contributed by atoms with Crippen LogP contribution < -0.4 is 5.32 Å². The Morgan fingerprint density at radius 2 is 2.00 bits per heavy atom. The fourth-order valence-electron chi connectivity index (χ4n) is 4.23. The molecule has 5 rings (SSSR count). The third-order valence-corrected chi connectivity index (χ3v) is 5.87. The second kappa shape index (κ2) is 7.99. The SMILES string of the molecule is Cc1nn(C)c2nc(-c3ccco3)cc(C(=O)NC3CCN(C(=O)c4ccoc4)CC3)c12. The van der Waals surface area contributed by atoms with E-state index in [0.29, 0.717) is 54.2 Å². The monoisotopic (exact) mass is 433 g/mol. The van der Waals surface area contributed by atoms with Gasteiger partial charge >= 0.3 is 0 Å². The van der Waals surface area contributed by atoms with Gasteiger partial charge in [0.1, 0.15) is 12.0 Å². The number of aromatic nitrogens is 3. The van der Waals surface area contributed by atoms with Crippen molar-refractivity contribution in [3.63, 3.8) is 0 Å². The van der Waals surface area contributed by atoms with Crippen molar-refractivity contribution in [2.24, 2.45) is 7.05 Å². The van der Waals surface area contributed by atoms with E-state index in [2.05, 4.69) is 15.4 Å². The highest BCUT2D eigenvalue weighted by molar-refractivity contribution is 6.07. The van der Waals surface area contributed by atoms with E-state index in [1.54, 1.807) is 34.0 Å². The molecule has 0 radical (unpaired) electrons. The number of carbonyl (C=O) groups is 2. The zero-order valence-corrected chi connectivity index (χ0v) is 17.9. The molecule has 9 heteroatoms. The van der Waals surface area contributed by atoms with Gasteiger partial charge in [-0.1, -0.05) is 0 Å². The fourth-order valence-corrected chi connectivity index (χ4v) is 4.23. The van der Waals surface area contributed by atoms with E-state index < -0.39 is 0 Å². The number of nitrogens with zero attached hydrogens (tertiary/aromatic N) is 4. The topological polar surface area (TPSA) is 106 Å². The molecule has 0 bridgehead atoms. The normalized spacial score (nSPS) is 14.8. The van der Waals surface area contributed by atoms with Crippen LogP contribution in [0.4, 0.5) is 0 Å². The molecule has 164 valence electrons. The highest BCUT2D eigenvalue weighted by Gasteiger charge is 2.27. The highest BCUT2D eigenvalue weighted by atomic mass is 16.3. The molecule has 4 aromatic rings. The summed E-state index contributed by atoms with van der Waals surface area (Å²) >= 11 is 0. The Hall–Kier alpha value is -3.88. The number of hydrogen-bond donors (Lipinski definition) is 1. The highest BCUT2D eigenvalue weighted by Crippen LogP contribution is 2.27. The number of fused-ring (bicyclic) bond motifs is 1. The van der Waals surface area contributed by atoms with Crippen molar-refractivity contribution in [2.75, 3.05) is 13.1 Å². The average Bonchev–Trinajstić information content (AvgIpc) is 3.56. The molecule has 1 N–H and O–H groups in total. The summed E-state index contributed by atoms with van der Waals surface area (Å²) in [6.07, 6.45) is 5.89. The van der Waals surface area contributed by atoms with Crippen LogP contribution in [0.3, 0.4) is 0 Å². The van der Waals surface area contributed by atoms with Crippen LogP contribution in [0.5, 0.6) is 0 Å². The number of likely N-dealkylation sites (tertiary alicyclic amines) is 1. The molecule has 1 saturated heterocycles. The van der Waals surface area contributed by atoms with Crippen LogP contribution >= 0.6 is 0 Å². The first-order chi connectivity index (χ1) is 15.5. The standard InChI is InChI=1S/C23H23N5O4/c1-14-20-17(12-18(19-4-3-10-32-19)25-21(20)27(2)26-14)22(29)24-16-5-8-28(9-6-16)23(30)15-7-11-31-13-15/h3-4,7,10-13,16H,5-6,8-9H2,1-2H3,(H,24,29). The lowest BCUT2D eigenvalue weighted by atomic mass is 10.0. The summed E-state index contributed by atoms with van der Waals surface area (Å²) in [6, 6.07) is 6.99. The third-order valence-electron chi connectivity index (χ3n) is 5.87. The summed E-state index contributed by atoms with van der Waals surface area (Å²) in [6.45, 7) is 3.02. The second-order valence-electron chi connectivity index (χ2n) is 7.99. The van der Waals surface area contributed by atoms with Crippen LogP contribution in [0, 0.1) is 6.92 Å². The van der Waals surface area contributed by atoms with Crippen molar-refractivity contribution in [2.45, 2.75) is 25.8 Å². The second-order valence-corrected chi connectivity index (χ2v) is 7.99. The molecule has 2 amide bonds. The molecule has 5 heterocycles. The number of pyridine rings is 1. The molecule has 0 saturated carbocycles. The third kappa shape index (κ3) is 3.55. The van der Waals surface area contributed by atoms with Gasteiger partial charge in [-0.25, -0.2) is 4.98 Å². The Labute approximate surface area is 184 Å². The van der Waals surface area contributed by atoms with E-state index in [0.717, 1.165) is 11.1 Å². The molecule has 4 aromatic heterocycles. The molecule has 0 spiro atoms. The van der Waals surface area contributed by atoms with Crippen LogP contribution in [-0.2, 0) is 7.05 Å². The number of rotatable bonds is 4. The van der Waals surface area contributed by atoms with Crippen molar-refractivity contribution in [3.05, 3.63) is 59.9 Å². The minimum absolute atomic E-state index is 0.0249. The maximum Gasteiger partial charge on any atom is 0.257 e. The van der Waals surface area contributed by atoms with Gasteiger partial charge in [-0.2, -0.15) is 5.10 Å². The fraction of sp³-hybridized carbons (Fsp3) is 0.304. The predicted molar refractivity (Wildman–Crippen MR) is 116 cm³/mol. The van der Waals surface area contributed by atoms with Crippen LogP contribution in [0.25, 0.3) is 22.5 Å². The van der Waals surface area contributed by atoms with Gasteiger partial charge in [0.2, 0.25) is 0 Å². The van der Waals surface area contributed by atoms with Crippen molar-refractivity contribution >= 4 is 22.8 Å². The van der Waals surface area contributed by atoms with Gasteiger partial charge < -0.3 is 19.1 Å². The largest absolute Gasteiger partial charge is 0.472 e. The minimum Gasteiger partial charge on any atom is -0.472 e. The Morgan fingerprint density at radius 1 is 1.19 bits per heavy atom. The summed E-state index contributed by atoms with van der Waals surface area (Å²) < 4.78 is 12.2. The number of hydrogen-bond acceptors (Lipinski definition) is 6. The first-order valence-corrected chi connectivity index (χ1v) is 10.5. The Morgan fingerprint density at radius 3 is 2.69 bits per heavy atom. The van der Waals surface area contributed by atoms with Crippen LogP contribution in [-0.4, -0.2) is 50.6 Å². The summed E-state index contributed by atoms with van der Waals surface area (Å²) in [5.41, 5.74) is 3.01. The Balaban J connectivity index is 1.36. The number of nitrogens with one attached hydrogen (secondary N) is 1. The van der Waals surface area contributed by atoms with E-state index >= 15 is 0 Å². The lowest BCUT2D eigenvalue weighted by Crippen LogP contribution is -2.46. The summed E-state index contributed by atoms with van der Waals surface area (Å²) in [7, 11) is 1.81. The number of amides is 2. The summed E-state index contributed by atoms with van der Waals surface area (Å²) in [4.78, 5) is 32.3. The average molecular weight is 433 g/mol. The lowest BCUT2D eigenvalue weighted by molar-refractivity contribution is 0.0697. The van der Waals surface area contributed by atoms with Gasteiger partial charge in [-0.3, -0.25) is 14.3 Å². The Bertz CT molecular complexity index is 1270. The molecule has 32 heavy (non-hydrogen) atoms. The smallest absolute Gasteiger partial charge is 0.257 e. The van der Waals surface area contributed by atoms with Gasteiger partial charge in [-0.15, -0.1) is 0 Å². The molecule has 0 aliphatic carbocycles. The molecule has 0 aromatic carbocycles. The van der Waals surface area contributed by atoms with Gasteiger partial charge in [0.15, 0.2) is 11.4 Å². The molecule has 1 fully saturated rings.